The highest BCUT2D eigenvalue weighted by molar-refractivity contribution is 7.14. The van der Waals surface area contributed by atoms with Crippen LogP contribution in [0.5, 0.6) is 0 Å². The van der Waals surface area contributed by atoms with Crippen LogP contribution < -0.4 is 9.80 Å². The Labute approximate surface area is 244 Å². The zero-order valence-electron chi connectivity index (χ0n) is 22.0. The maximum absolute atomic E-state index is 13.7. The lowest BCUT2D eigenvalue weighted by atomic mass is 9.82. The van der Waals surface area contributed by atoms with Crippen LogP contribution in [0, 0.1) is 13.8 Å². The number of anilines is 2. The van der Waals surface area contributed by atoms with Gasteiger partial charge in [0.25, 0.3) is 23.6 Å². The van der Waals surface area contributed by atoms with E-state index >= 15 is 0 Å². The number of fused-ring (bicyclic) bond motifs is 2. The Morgan fingerprint density at radius 1 is 0.476 bits per heavy atom. The SMILES string of the molecule is Cc1csc(N2C(=O)c3ccc4c5ccc6c7c(ccc(c8ccc(c3c48)C2=O)c75)C(=O)N(c2nc(C)cs2)C6=O)n1. The highest BCUT2D eigenvalue weighted by atomic mass is 32.1. The molecule has 0 fully saturated rings. The topological polar surface area (TPSA) is 101 Å². The molecular formula is C32H16N4O4S2. The van der Waals surface area contributed by atoms with E-state index in [4.69, 9.17) is 0 Å². The molecule has 2 aliphatic rings. The Morgan fingerprint density at radius 3 is 1.05 bits per heavy atom. The number of amides is 4. The Bertz CT molecular complexity index is 2150. The fraction of sp³-hybridized carbons (Fsp3) is 0.0625. The van der Waals surface area contributed by atoms with Crippen LogP contribution in [0.2, 0.25) is 0 Å². The van der Waals surface area contributed by atoms with Crippen molar-refractivity contribution >= 4 is 99.7 Å². The molecule has 0 N–H and O–H groups in total. The van der Waals surface area contributed by atoms with E-state index in [9.17, 15) is 19.2 Å². The summed E-state index contributed by atoms with van der Waals surface area (Å²) in [6.07, 6.45) is 0. The number of hydrogen-bond donors (Lipinski definition) is 0. The molecule has 0 saturated heterocycles. The maximum Gasteiger partial charge on any atom is 0.267 e. The van der Waals surface area contributed by atoms with E-state index < -0.39 is 23.6 Å². The number of aromatic nitrogens is 2. The molecule has 7 aromatic rings. The molecule has 0 bridgehead atoms. The molecule has 42 heavy (non-hydrogen) atoms. The van der Waals surface area contributed by atoms with Crippen LogP contribution in [0.1, 0.15) is 52.8 Å². The van der Waals surface area contributed by atoms with Crippen LogP contribution in [0.3, 0.4) is 0 Å². The predicted octanol–water partition coefficient (Wildman–Crippen LogP) is 6.87. The lowest BCUT2D eigenvalue weighted by Gasteiger charge is -2.28. The zero-order chi connectivity index (χ0) is 28.6. The molecule has 0 atom stereocenters. The van der Waals surface area contributed by atoms with E-state index in [1.165, 1.54) is 22.7 Å². The van der Waals surface area contributed by atoms with Crippen LogP contribution in [0.15, 0.2) is 59.3 Å². The quantitative estimate of drug-likeness (QED) is 0.125. The van der Waals surface area contributed by atoms with Gasteiger partial charge in [0.2, 0.25) is 0 Å². The molecule has 0 unspecified atom stereocenters. The molecule has 5 aromatic carbocycles. The molecule has 10 heteroatoms. The third-order valence-electron chi connectivity index (χ3n) is 8.23. The summed E-state index contributed by atoms with van der Waals surface area (Å²) >= 11 is 2.52. The fourth-order valence-electron chi connectivity index (χ4n) is 6.50. The first-order chi connectivity index (χ1) is 20.3. The third-order valence-corrected chi connectivity index (χ3v) is 10.1. The number of hydrogen-bond acceptors (Lipinski definition) is 8. The molecule has 4 heterocycles. The summed E-state index contributed by atoms with van der Waals surface area (Å²) < 4.78 is 0. The third kappa shape index (κ3) is 2.75. The van der Waals surface area contributed by atoms with Crippen molar-refractivity contribution in [3.63, 3.8) is 0 Å². The van der Waals surface area contributed by atoms with Crippen LogP contribution in [-0.4, -0.2) is 33.6 Å². The molecule has 0 aliphatic carbocycles. The number of carbonyl (C=O) groups excluding carboxylic acids is 4. The van der Waals surface area contributed by atoms with Gasteiger partial charge >= 0.3 is 0 Å². The van der Waals surface area contributed by atoms with E-state index in [1.807, 2.05) is 48.9 Å². The minimum absolute atomic E-state index is 0.350. The number of rotatable bonds is 2. The number of imide groups is 2. The van der Waals surface area contributed by atoms with Crippen LogP contribution in [-0.2, 0) is 0 Å². The van der Waals surface area contributed by atoms with E-state index in [1.54, 1.807) is 24.3 Å². The van der Waals surface area contributed by atoms with Crippen molar-refractivity contribution in [2.24, 2.45) is 0 Å². The van der Waals surface area contributed by atoms with E-state index in [0.717, 1.165) is 53.5 Å². The van der Waals surface area contributed by atoms with Crippen LogP contribution in [0.4, 0.5) is 10.3 Å². The molecular weight excluding hydrogens is 569 g/mol. The summed E-state index contributed by atoms with van der Waals surface area (Å²) in [6.45, 7) is 3.65. The summed E-state index contributed by atoms with van der Waals surface area (Å²) in [5, 5.41) is 10.6. The van der Waals surface area contributed by atoms with Gasteiger partial charge in [-0.2, -0.15) is 0 Å². The van der Waals surface area contributed by atoms with Gasteiger partial charge in [0.15, 0.2) is 10.3 Å². The van der Waals surface area contributed by atoms with Crippen molar-refractivity contribution in [3.05, 3.63) is 92.9 Å². The second-order valence-electron chi connectivity index (χ2n) is 10.6. The standard InChI is InChI=1S/C32H16N4O4S2/c1-13-11-41-31(33-13)35-27(37)19-7-3-15-17-5-9-21-26-22(30(40)36(29(21)39)32-34-14(2)12-42-32)10-6-18(24(17)26)16-4-8-20(28(35)38)25(19)23(15)16/h3-12H,1-2H3. The van der Waals surface area contributed by atoms with Gasteiger partial charge in [-0.1, -0.05) is 24.3 Å². The van der Waals surface area contributed by atoms with Crippen molar-refractivity contribution < 1.29 is 19.2 Å². The summed E-state index contributed by atoms with van der Waals surface area (Å²) in [5.41, 5.74) is 3.23. The van der Waals surface area contributed by atoms with Gasteiger partial charge in [-0.15, -0.1) is 22.7 Å². The first-order valence-electron chi connectivity index (χ1n) is 13.2. The molecule has 0 radical (unpaired) electrons. The Hall–Kier alpha value is -5.06. The molecule has 9 rings (SSSR count). The molecule has 2 aliphatic heterocycles. The van der Waals surface area contributed by atoms with Gasteiger partial charge < -0.3 is 0 Å². The second kappa shape index (κ2) is 7.81. The number of thiazole rings is 2. The maximum atomic E-state index is 13.7. The lowest BCUT2D eigenvalue weighted by Crippen LogP contribution is -2.40. The molecule has 200 valence electrons. The number of carbonyl (C=O) groups is 4. The zero-order valence-corrected chi connectivity index (χ0v) is 23.6. The number of benzene rings is 5. The van der Waals surface area contributed by atoms with Crippen molar-refractivity contribution in [3.8, 4) is 0 Å². The van der Waals surface area contributed by atoms with Gasteiger partial charge in [0.1, 0.15) is 0 Å². The smallest absolute Gasteiger partial charge is 0.267 e. The summed E-state index contributed by atoms with van der Waals surface area (Å²) in [7, 11) is 0. The average Bonchev–Trinajstić information content (AvgIpc) is 3.61. The van der Waals surface area contributed by atoms with E-state index in [2.05, 4.69) is 9.97 Å². The van der Waals surface area contributed by atoms with Crippen molar-refractivity contribution in [2.45, 2.75) is 13.8 Å². The molecule has 4 amide bonds. The fourth-order valence-corrected chi connectivity index (χ4v) is 8.10. The first-order valence-corrected chi connectivity index (χ1v) is 14.9. The molecule has 2 aromatic heterocycles. The van der Waals surface area contributed by atoms with E-state index in [0.29, 0.717) is 43.3 Å². The normalized spacial score (nSPS) is 15.0. The van der Waals surface area contributed by atoms with Gasteiger partial charge in [0.05, 0.1) is 11.4 Å². The summed E-state index contributed by atoms with van der Waals surface area (Å²) in [5.74, 6) is -1.63. The Morgan fingerprint density at radius 2 is 0.786 bits per heavy atom. The summed E-state index contributed by atoms with van der Waals surface area (Å²) in [4.78, 5) is 66.1. The van der Waals surface area contributed by atoms with Crippen molar-refractivity contribution in [1.82, 2.24) is 9.97 Å². The summed E-state index contributed by atoms with van der Waals surface area (Å²) in [6, 6.07) is 14.6. The van der Waals surface area contributed by atoms with Gasteiger partial charge in [-0.05, 0) is 70.4 Å². The molecule has 0 spiro atoms. The monoisotopic (exact) mass is 584 g/mol. The second-order valence-corrected chi connectivity index (χ2v) is 12.3. The lowest BCUT2D eigenvalue weighted by molar-refractivity contribution is 0.0877. The molecule has 8 nitrogen and oxygen atoms in total. The minimum atomic E-state index is -0.407. The number of aryl methyl sites for hydroxylation is 2. The average molecular weight is 585 g/mol. The van der Waals surface area contributed by atoms with E-state index in [-0.39, 0.29) is 0 Å². The highest BCUT2D eigenvalue weighted by Crippen LogP contribution is 2.47. The highest BCUT2D eigenvalue weighted by Gasteiger charge is 2.39. The largest absolute Gasteiger partial charge is 0.268 e. The van der Waals surface area contributed by atoms with Gasteiger partial charge in [0, 0.05) is 43.8 Å². The van der Waals surface area contributed by atoms with Crippen molar-refractivity contribution in [2.75, 3.05) is 9.80 Å². The van der Waals surface area contributed by atoms with Crippen LogP contribution >= 0.6 is 22.7 Å². The van der Waals surface area contributed by atoms with Crippen LogP contribution in [0.25, 0.3) is 43.1 Å². The van der Waals surface area contributed by atoms with Gasteiger partial charge in [-0.25, -0.2) is 19.8 Å². The molecule has 0 saturated carbocycles. The Kier molecular flexibility index (Phi) is 4.39. The number of nitrogens with zero attached hydrogens (tertiary/aromatic N) is 4. The minimum Gasteiger partial charge on any atom is -0.268 e. The van der Waals surface area contributed by atoms with Crippen molar-refractivity contribution in [1.29, 1.82) is 0 Å². The predicted molar refractivity (Wildman–Crippen MR) is 164 cm³/mol. The first kappa shape index (κ1) is 23.6. The van der Waals surface area contributed by atoms with Gasteiger partial charge in [-0.3, -0.25) is 19.2 Å². The Balaban J connectivity index is 1.34.